The summed E-state index contributed by atoms with van der Waals surface area (Å²) < 4.78 is 5.95. The van der Waals surface area contributed by atoms with E-state index in [2.05, 4.69) is 15.3 Å². The number of ether oxygens (including phenoxy) is 1. The molecule has 1 saturated heterocycles. The number of fused-ring (bicyclic) bond motifs is 2. The highest BCUT2D eigenvalue weighted by molar-refractivity contribution is 5.94. The Hall–Kier alpha value is -2.54. The van der Waals surface area contributed by atoms with Crippen molar-refractivity contribution in [2.75, 3.05) is 31.6 Å². The van der Waals surface area contributed by atoms with Gasteiger partial charge in [-0.1, -0.05) is 0 Å². The summed E-state index contributed by atoms with van der Waals surface area (Å²) in [5.74, 6) is 1.49. The molecule has 1 saturated carbocycles. The summed E-state index contributed by atoms with van der Waals surface area (Å²) in [7, 11) is 0. The summed E-state index contributed by atoms with van der Waals surface area (Å²) in [5.41, 5.74) is 3.49. The maximum absolute atomic E-state index is 12.9. The average Bonchev–Trinajstić information content (AvgIpc) is 3.46. The van der Waals surface area contributed by atoms with E-state index in [1.165, 1.54) is 12.8 Å². The molecule has 7 nitrogen and oxygen atoms in total. The molecule has 7 heteroatoms. The number of rotatable bonds is 4. The van der Waals surface area contributed by atoms with Crippen molar-refractivity contribution in [3.8, 4) is 0 Å². The minimum atomic E-state index is -0.255. The van der Waals surface area contributed by atoms with Gasteiger partial charge in [-0.15, -0.1) is 0 Å². The lowest BCUT2D eigenvalue weighted by Crippen LogP contribution is -2.42. The number of carbonyl (C=O) groups excluding carboxylic acids is 1. The van der Waals surface area contributed by atoms with Gasteiger partial charge in [0.1, 0.15) is 0 Å². The Morgan fingerprint density at radius 1 is 1.39 bits per heavy atom. The van der Waals surface area contributed by atoms with Crippen LogP contribution >= 0.6 is 0 Å². The van der Waals surface area contributed by atoms with Gasteiger partial charge in [-0.25, -0.2) is 9.97 Å². The highest BCUT2D eigenvalue weighted by Crippen LogP contribution is 2.40. The standard InChI is InChI=1S/C21H25N5O2/c1-14-17-11-28-13-21(18(17)25-20(24-14)23-9-15-4-5-15)6-8-26(12-21)19(27)16-3-2-7-22-10-16/h2-3,7,10,15H,4-6,8-9,11-13H2,1H3,(H,23,24,25). The first kappa shape index (κ1) is 17.6. The fourth-order valence-corrected chi connectivity index (χ4v) is 4.29. The third-order valence-electron chi connectivity index (χ3n) is 6.14. The number of carbonyl (C=O) groups is 1. The second-order valence-electron chi connectivity index (χ2n) is 8.28. The van der Waals surface area contributed by atoms with Crippen molar-refractivity contribution in [2.24, 2.45) is 5.92 Å². The summed E-state index contributed by atoms with van der Waals surface area (Å²) in [4.78, 5) is 28.5. The van der Waals surface area contributed by atoms with E-state index in [0.29, 0.717) is 37.8 Å². The lowest BCUT2D eigenvalue weighted by atomic mass is 9.80. The molecule has 2 aliphatic heterocycles. The number of hydrogen-bond acceptors (Lipinski definition) is 6. The highest BCUT2D eigenvalue weighted by Gasteiger charge is 2.47. The maximum atomic E-state index is 12.9. The Labute approximate surface area is 164 Å². The number of aryl methyl sites for hydroxylation is 1. The van der Waals surface area contributed by atoms with E-state index in [-0.39, 0.29) is 11.3 Å². The van der Waals surface area contributed by atoms with Crippen LogP contribution in [0.5, 0.6) is 0 Å². The van der Waals surface area contributed by atoms with E-state index in [0.717, 1.165) is 35.8 Å². The minimum absolute atomic E-state index is 0.0231. The molecule has 0 bridgehead atoms. The fourth-order valence-electron chi connectivity index (χ4n) is 4.29. The van der Waals surface area contributed by atoms with Gasteiger partial charge in [0, 0.05) is 43.3 Å². The average molecular weight is 379 g/mol. The van der Waals surface area contributed by atoms with Gasteiger partial charge in [0.2, 0.25) is 5.95 Å². The van der Waals surface area contributed by atoms with Crippen molar-refractivity contribution < 1.29 is 9.53 Å². The number of amides is 1. The molecule has 4 heterocycles. The first-order valence-electron chi connectivity index (χ1n) is 10.0. The monoisotopic (exact) mass is 379 g/mol. The summed E-state index contributed by atoms with van der Waals surface area (Å²) in [6.45, 7) is 5.42. The van der Waals surface area contributed by atoms with Gasteiger partial charge >= 0.3 is 0 Å². The molecule has 1 spiro atoms. The number of hydrogen-bond donors (Lipinski definition) is 1. The zero-order valence-electron chi connectivity index (χ0n) is 16.1. The molecule has 0 radical (unpaired) electrons. The zero-order chi connectivity index (χ0) is 19.1. The van der Waals surface area contributed by atoms with Crippen molar-refractivity contribution in [2.45, 2.75) is 38.2 Å². The van der Waals surface area contributed by atoms with Crippen molar-refractivity contribution >= 4 is 11.9 Å². The van der Waals surface area contributed by atoms with Crippen LogP contribution in [0.3, 0.4) is 0 Å². The van der Waals surface area contributed by atoms with Gasteiger partial charge < -0.3 is 15.0 Å². The smallest absolute Gasteiger partial charge is 0.255 e. The van der Waals surface area contributed by atoms with E-state index in [4.69, 9.17) is 9.72 Å². The van der Waals surface area contributed by atoms with Gasteiger partial charge in [-0.3, -0.25) is 9.78 Å². The first-order valence-corrected chi connectivity index (χ1v) is 10.0. The Bertz CT molecular complexity index is 899. The Morgan fingerprint density at radius 2 is 2.29 bits per heavy atom. The molecular weight excluding hydrogens is 354 g/mol. The third-order valence-corrected chi connectivity index (χ3v) is 6.14. The van der Waals surface area contributed by atoms with Crippen LogP contribution in [0.25, 0.3) is 0 Å². The topological polar surface area (TPSA) is 80.2 Å². The quantitative estimate of drug-likeness (QED) is 0.878. The van der Waals surface area contributed by atoms with Crippen LogP contribution in [0, 0.1) is 12.8 Å². The molecule has 146 valence electrons. The van der Waals surface area contributed by atoms with Gasteiger partial charge in [0.15, 0.2) is 0 Å². The zero-order valence-corrected chi connectivity index (χ0v) is 16.1. The summed E-state index contributed by atoms with van der Waals surface area (Å²) in [5, 5.41) is 3.41. The molecule has 5 rings (SSSR count). The van der Waals surface area contributed by atoms with Crippen LogP contribution in [0.15, 0.2) is 24.5 Å². The van der Waals surface area contributed by atoms with Crippen LogP contribution in [-0.4, -0.2) is 52.0 Å². The van der Waals surface area contributed by atoms with Crippen LogP contribution in [-0.2, 0) is 16.8 Å². The molecule has 28 heavy (non-hydrogen) atoms. The van der Waals surface area contributed by atoms with E-state index in [9.17, 15) is 4.79 Å². The van der Waals surface area contributed by atoms with Crippen molar-refractivity contribution in [3.05, 3.63) is 47.0 Å². The molecule has 2 aromatic heterocycles. The predicted molar refractivity (Wildman–Crippen MR) is 104 cm³/mol. The van der Waals surface area contributed by atoms with E-state index in [1.807, 2.05) is 17.9 Å². The SMILES string of the molecule is Cc1nc(NCC2CC2)nc2c1COCC21CCN(C(=O)c2cccnc2)C1. The molecule has 1 unspecified atom stereocenters. The summed E-state index contributed by atoms with van der Waals surface area (Å²) in [6, 6.07) is 3.62. The Kier molecular flexibility index (Phi) is 4.27. The molecule has 1 aliphatic carbocycles. The van der Waals surface area contributed by atoms with Crippen molar-refractivity contribution in [1.29, 1.82) is 0 Å². The molecule has 2 aromatic rings. The number of anilines is 1. The Balaban J connectivity index is 1.42. The van der Waals surface area contributed by atoms with Crippen LogP contribution in [0.4, 0.5) is 5.95 Å². The van der Waals surface area contributed by atoms with E-state index < -0.39 is 0 Å². The highest BCUT2D eigenvalue weighted by atomic mass is 16.5. The number of likely N-dealkylation sites (tertiary alicyclic amines) is 1. The van der Waals surface area contributed by atoms with E-state index >= 15 is 0 Å². The largest absolute Gasteiger partial charge is 0.376 e. The lowest BCUT2D eigenvalue weighted by molar-refractivity contribution is 0.0481. The van der Waals surface area contributed by atoms with Gasteiger partial charge in [-0.05, 0) is 44.2 Å². The fraction of sp³-hybridized carbons (Fsp3) is 0.524. The van der Waals surface area contributed by atoms with Gasteiger partial charge in [-0.2, -0.15) is 0 Å². The number of nitrogens with zero attached hydrogens (tertiary/aromatic N) is 4. The van der Waals surface area contributed by atoms with Crippen LogP contribution in [0.1, 0.15) is 46.6 Å². The normalized spacial score (nSPS) is 23.7. The third kappa shape index (κ3) is 3.13. The molecule has 1 atom stereocenters. The number of pyridine rings is 1. The predicted octanol–water partition coefficient (Wildman–Crippen LogP) is 2.32. The first-order chi connectivity index (χ1) is 13.6. The summed E-state index contributed by atoms with van der Waals surface area (Å²) >= 11 is 0. The maximum Gasteiger partial charge on any atom is 0.255 e. The van der Waals surface area contributed by atoms with Gasteiger partial charge in [0.25, 0.3) is 5.91 Å². The van der Waals surface area contributed by atoms with Crippen molar-refractivity contribution in [1.82, 2.24) is 19.9 Å². The number of aromatic nitrogens is 3. The van der Waals surface area contributed by atoms with E-state index in [1.54, 1.807) is 18.5 Å². The molecular formula is C21H25N5O2. The molecule has 1 amide bonds. The molecule has 0 aromatic carbocycles. The van der Waals surface area contributed by atoms with Crippen molar-refractivity contribution in [3.63, 3.8) is 0 Å². The van der Waals surface area contributed by atoms with Crippen LogP contribution < -0.4 is 5.32 Å². The minimum Gasteiger partial charge on any atom is -0.376 e. The summed E-state index contributed by atoms with van der Waals surface area (Å²) in [6.07, 6.45) is 6.75. The number of nitrogens with one attached hydrogen (secondary N) is 1. The Morgan fingerprint density at radius 3 is 3.07 bits per heavy atom. The van der Waals surface area contributed by atoms with Gasteiger partial charge in [0.05, 0.1) is 29.9 Å². The van der Waals surface area contributed by atoms with Crippen LogP contribution in [0.2, 0.25) is 0 Å². The molecule has 3 aliphatic rings. The second kappa shape index (κ2) is 6.81. The molecule has 2 fully saturated rings. The lowest BCUT2D eigenvalue weighted by Gasteiger charge is -2.35. The second-order valence-corrected chi connectivity index (χ2v) is 8.28. The molecule has 1 N–H and O–H groups in total.